The smallest absolute Gasteiger partial charge is 0.258 e. The Morgan fingerprint density at radius 1 is 1.69 bits per heavy atom. The van der Waals surface area contributed by atoms with Crippen molar-refractivity contribution in [2.75, 3.05) is 5.33 Å². The Morgan fingerprint density at radius 3 is 3.08 bits per heavy atom. The van der Waals surface area contributed by atoms with E-state index >= 15 is 0 Å². The molecule has 13 heavy (non-hydrogen) atoms. The summed E-state index contributed by atoms with van der Waals surface area (Å²) < 4.78 is 0. The number of halogens is 1. The molecule has 0 aliphatic carbocycles. The van der Waals surface area contributed by atoms with Gasteiger partial charge in [-0.2, -0.15) is 0 Å². The van der Waals surface area contributed by atoms with Gasteiger partial charge in [-0.15, -0.1) is 0 Å². The van der Waals surface area contributed by atoms with Crippen molar-refractivity contribution in [1.82, 2.24) is 4.98 Å². The summed E-state index contributed by atoms with van der Waals surface area (Å²) in [6, 6.07) is 2.98. The summed E-state index contributed by atoms with van der Waals surface area (Å²) in [4.78, 5) is 13.9. The second-order valence-electron chi connectivity index (χ2n) is 2.22. The third-order valence-corrected chi connectivity index (χ3v) is 1.75. The Balaban J connectivity index is 3.05. The molecular weight excluding hydrogens is 236 g/mol. The standard InChI is InChI=1S/C8H7BrN2O2/c9-5-1-3-7-8(11(12)13)4-2-6-10-7/h1-4,6H,5H2. The molecule has 0 saturated carbocycles. The molecule has 0 aromatic carbocycles. The highest BCUT2D eigenvalue weighted by Crippen LogP contribution is 2.16. The number of nitro groups is 1. The molecule has 5 heteroatoms. The van der Waals surface area contributed by atoms with Gasteiger partial charge in [0.05, 0.1) is 4.92 Å². The molecule has 68 valence electrons. The SMILES string of the molecule is O=[N+]([O-])c1cccnc1C=CCBr. The number of hydrogen-bond donors (Lipinski definition) is 0. The molecule has 0 atom stereocenters. The number of hydrogen-bond acceptors (Lipinski definition) is 3. The van der Waals surface area contributed by atoms with Crippen LogP contribution in [0.15, 0.2) is 24.4 Å². The largest absolute Gasteiger partial charge is 0.294 e. The molecule has 1 aromatic rings. The quantitative estimate of drug-likeness (QED) is 0.465. The first-order valence-corrected chi connectivity index (χ1v) is 4.69. The van der Waals surface area contributed by atoms with E-state index in [1.165, 1.54) is 12.3 Å². The normalized spacial score (nSPS) is 10.5. The number of rotatable bonds is 3. The van der Waals surface area contributed by atoms with Crippen LogP contribution in [-0.2, 0) is 0 Å². The van der Waals surface area contributed by atoms with Crippen LogP contribution in [0.25, 0.3) is 6.08 Å². The van der Waals surface area contributed by atoms with E-state index in [9.17, 15) is 10.1 Å². The van der Waals surface area contributed by atoms with Crippen molar-refractivity contribution in [3.8, 4) is 0 Å². The zero-order chi connectivity index (χ0) is 9.68. The van der Waals surface area contributed by atoms with Crippen molar-refractivity contribution >= 4 is 27.7 Å². The van der Waals surface area contributed by atoms with Crippen LogP contribution in [0.1, 0.15) is 5.69 Å². The van der Waals surface area contributed by atoms with Gasteiger partial charge in [0.2, 0.25) is 0 Å². The van der Waals surface area contributed by atoms with Gasteiger partial charge in [0.25, 0.3) is 5.69 Å². The second kappa shape index (κ2) is 4.71. The van der Waals surface area contributed by atoms with Crippen LogP contribution in [0.4, 0.5) is 5.69 Å². The Kier molecular flexibility index (Phi) is 3.57. The molecule has 0 radical (unpaired) electrons. The van der Waals surface area contributed by atoms with Crippen molar-refractivity contribution in [2.45, 2.75) is 0 Å². The molecule has 1 heterocycles. The number of pyridine rings is 1. The number of allylic oxidation sites excluding steroid dienone is 1. The van der Waals surface area contributed by atoms with Crippen LogP contribution in [0.5, 0.6) is 0 Å². The molecule has 4 nitrogen and oxygen atoms in total. The molecule has 0 spiro atoms. The van der Waals surface area contributed by atoms with E-state index in [0.29, 0.717) is 11.0 Å². The summed E-state index contributed by atoms with van der Waals surface area (Å²) in [5, 5.41) is 11.2. The number of alkyl halides is 1. The van der Waals surface area contributed by atoms with Crippen molar-refractivity contribution in [3.05, 3.63) is 40.2 Å². The first-order chi connectivity index (χ1) is 6.25. The highest BCUT2D eigenvalue weighted by Gasteiger charge is 2.10. The summed E-state index contributed by atoms with van der Waals surface area (Å²) in [7, 11) is 0. The summed E-state index contributed by atoms with van der Waals surface area (Å²) >= 11 is 3.18. The van der Waals surface area contributed by atoms with Crippen LogP contribution in [-0.4, -0.2) is 15.2 Å². The Hall–Kier alpha value is -1.23. The van der Waals surface area contributed by atoms with Crippen LogP contribution >= 0.6 is 15.9 Å². The predicted octanol–water partition coefficient (Wildman–Crippen LogP) is 2.40. The predicted molar refractivity (Wildman–Crippen MR) is 53.7 cm³/mol. The van der Waals surface area contributed by atoms with Crippen molar-refractivity contribution in [3.63, 3.8) is 0 Å². The van der Waals surface area contributed by atoms with E-state index in [2.05, 4.69) is 20.9 Å². The van der Waals surface area contributed by atoms with Crippen LogP contribution < -0.4 is 0 Å². The monoisotopic (exact) mass is 242 g/mol. The van der Waals surface area contributed by atoms with Gasteiger partial charge in [0.1, 0.15) is 5.69 Å². The highest BCUT2D eigenvalue weighted by molar-refractivity contribution is 9.09. The first kappa shape index (κ1) is 9.85. The Bertz CT molecular complexity index is 339. The third kappa shape index (κ3) is 2.62. The van der Waals surface area contributed by atoms with E-state index in [1.807, 2.05) is 0 Å². The summed E-state index contributed by atoms with van der Waals surface area (Å²) in [6.07, 6.45) is 4.91. The van der Waals surface area contributed by atoms with Gasteiger partial charge in [0.15, 0.2) is 0 Å². The van der Waals surface area contributed by atoms with Gasteiger partial charge in [-0.3, -0.25) is 10.1 Å². The minimum Gasteiger partial charge on any atom is -0.258 e. The molecule has 1 aromatic heterocycles. The fourth-order valence-electron chi connectivity index (χ4n) is 0.848. The number of aromatic nitrogens is 1. The van der Waals surface area contributed by atoms with Crippen molar-refractivity contribution in [2.24, 2.45) is 0 Å². The topological polar surface area (TPSA) is 56.0 Å². The lowest BCUT2D eigenvalue weighted by Crippen LogP contribution is -1.93. The maximum Gasteiger partial charge on any atom is 0.294 e. The molecular formula is C8H7BrN2O2. The average Bonchev–Trinajstić information content (AvgIpc) is 2.15. The van der Waals surface area contributed by atoms with E-state index in [0.717, 1.165) is 0 Å². The Morgan fingerprint density at radius 2 is 2.46 bits per heavy atom. The summed E-state index contributed by atoms with van der Waals surface area (Å²) in [5.41, 5.74) is 0.409. The molecule has 0 aliphatic heterocycles. The lowest BCUT2D eigenvalue weighted by molar-refractivity contribution is -0.385. The summed E-state index contributed by atoms with van der Waals surface area (Å²) in [5.74, 6) is 0. The average molecular weight is 243 g/mol. The molecule has 0 fully saturated rings. The summed E-state index contributed by atoms with van der Waals surface area (Å²) in [6.45, 7) is 0. The fraction of sp³-hybridized carbons (Fsp3) is 0.125. The second-order valence-corrected chi connectivity index (χ2v) is 2.87. The molecule has 1 rings (SSSR count). The van der Waals surface area contributed by atoms with Gasteiger partial charge < -0.3 is 0 Å². The zero-order valence-electron chi connectivity index (χ0n) is 6.68. The van der Waals surface area contributed by atoms with E-state index in [-0.39, 0.29) is 5.69 Å². The Labute approximate surface area is 83.6 Å². The van der Waals surface area contributed by atoms with E-state index in [4.69, 9.17) is 0 Å². The molecule has 0 saturated heterocycles. The minimum atomic E-state index is -0.444. The lowest BCUT2D eigenvalue weighted by atomic mass is 10.3. The van der Waals surface area contributed by atoms with Gasteiger partial charge in [-0.1, -0.05) is 22.0 Å². The van der Waals surface area contributed by atoms with Gasteiger partial charge in [0, 0.05) is 17.6 Å². The van der Waals surface area contributed by atoms with Gasteiger partial charge in [-0.25, -0.2) is 4.98 Å². The molecule has 0 bridgehead atoms. The maximum atomic E-state index is 10.5. The van der Waals surface area contributed by atoms with Crippen LogP contribution in [0, 0.1) is 10.1 Å². The first-order valence-electron chi connectivity index (χ1n) is 3.57. The number of nitrogens with zero attached hydrogens (tertiary/aromatic N) is 2. The van der Waals surface area contributed by atoms with Crippen molar-refractivity contribution < 1.29 is 4.92 Å². The van der Waals surface area contributed by atoms with Gasteiger partial charge in [-0.05, 0) is 12.1 Å². The minimum absolute atomic E-state index is 0.0275. The maximum absolute atomic E-state index is 10.5. The fourth-order valence-corrected chi connectivity index (χ4v) is 1.03. The highest BCUT2D eigenvalue weighted by atomic mass is 79.9. The molecule has 0 N–H and O–H groups in total. The molecule has 0 aliphatic rings. The van der Waals surface area contributed by atoms with Gasteiger partial charge >= 0.3 is 0 Å². The lowest BCUT2D eigenvalue weighted by Gasteiger charge is -1.94. The third-order valence-electron chi connectivity index (χ3n) is 1.38. The van der Waals surface area contributed by atoms with Crippen LogP contribution in [0.2, 0.25) is 0 Å². The van der Waals surface area contributed by atoms with Crippen LogP contribution in [0.3, 0.4) is 0 Å². The van der Waals surface area contributed by atoms with E-state index < -0.39 is 4.92 Å². The molecule has 0 amide bonds. The molecule has 0 unspecified atom stereocenters. The zero-order valence-corrected chi connectivity index (χ0v) is 8.27. The van der Waals surface area contributed by atoms with E-state index in [1.54, 1.807) is 18.2 Å². The van der Waals surface area contributed by atoms with Crippen molar-refractivity contribution in [1.29, 1.82) is 0 Å².